The number of piperidine rings is 1. The number of nitrogens with zero attached hydrogens (tertiary/aromatic N) is 3. The molecule has 0 N–H and O–H groups in total. The van der Waals surface area contributed by atoms with Gasteiger partial charge in [0.05, 0.1) is 18.4 Å². The standard InChI is InChI=1S/C19H20FN3O3/c20-16-3-1-2-4-17(16)26-15-7-9-22(10-8-15)18-6-5-14(13-21-18)23-11-12-25-19(23)24/h1-6,13,15H,7-12H2. The second-order valence-corrected chi connectivity index (χ2v) is 6.38. The lowest BCUT2D eigenvalue weighted by atomic mass is 10.1. The molecule has 1 amide bonds. The second kappa shape index (κ2) is 7.19. The molecule has 3 heterocycles. The van der Waals surface area contributed by atoms with E-state index in [-0.39, 0.29) is 18.0 Å². The average molecular weight is 357 g/mol. The number of pyridine rings is 1. The van der Waals surface area contributed by atoms with Crippen molar-refractivity contribution in [2.45, 2.75) is 18.9 Å². The van der Waals surface area contributed by atoms with Crippen LogP contribution < -0.4 is 14.5 Å². The number of anilines is 2. The van der Waals surface area contributed by atoms with Crippen LogP contribution in [0, 0.1) is 5.82 Å². The number of halogens is 1. The van der Waals surface area contributed by atoms with Crippen molar-refractivity contribution in [2.75, 3.05) is 36.0 Å². The SMILES string of the molecule is O=C1OCCN1c1ccc(N2CCC(Oc3ccccc3F)CC2)nc1. The normalized spacial score (nSPS) is 18.1. The van der Waals surface area contributed by atoms with Gasteiger partial charge in [0, 0.05) is 25.9 Å². The van der Waals surface area contributed by atoms with Crippen molar-refractivity contribution in [3.8, 4) is 5.75 Å². The third kappa shape index (κ3) is 3.42. The summed E-state index contributed by atoms with van der Waals surface area (Å²) >= 11 is 0. The fourth-order valence-electron chi connectivity index (χ4n) is 3.28. The number of cyclic esters (lactones) is 1. The molecule has 0 atom stereocenters. The van der Waals surface area contributed by atoms with Gasteiger partial charge in [-0.2, -0.15) is 0 Å². The van der Waals surface area contributed by atoms with Gasteiger partial charge in [0.1, 0.15) is 18.5 Å². The minimum Gasteiger partial charge on any atom is -0.487 e. The van der Waals surface area contributed by atoms with Gasteiger partial charge >= 0.3 is 6.09 Å². The Kier molecular flexibility index (Phi) is 4.60. The number of amides is 1. The van der Waals surface area contributed by atoms with Crippen LogP contribution >= 0.6 is 0 Å². The molecule has 2 saturated heterocycles. The number of benzene rings is 1. The molecular weight excluding hydrogens is 337 g/mol. The summed E-state index contributed by atoms with van der Waals surface area (Å²) in [4.78, 5) is 19.8. The first-order valence-corrected chi connectivity index (χ1v) is 8.77. The van der Waals surface area contributed by atoms with Gasteiger partial charge in [0.2, 0.25) is 0 Å². The molecule has 26 heavy (non-hydrogen) atoms. The summed E-state index contributed by atoms with van der Waals surface area (Å²) < 4.78 is 24.4. The maximum atomic E-state index is 13.7. The Morgan fingerprint density at radius 1 is 1.12 bits per heavy atom. The Morgan fingerprint density at radius 3 is 2.58 bits per heavy atom. The molecule has 4 rings (SSSR count). The van der Waals surface area contributed by atoms with Gasteiger partial charge < -0.3 is 14.4 Å². The topological polar surface area (TPSA) is 54.9 Å². The van der Waals surface area contributed by atoms with E-state index in [9.17, 15) is 9.18 Å². The molecule has 0 spiro atoms. The summed E-state index contributed by atoms with van der Waals surface area (Å²) in [6.07, 6.45) is 2.98. The number of rotatable bonds is 4. The highest BCUT2D eigenvalue weighted by Crippen LogP contribution is 2.25. The zero-order valence-electron chi connectivity index (χ0n) is 14.3. The summed E-state index contributed by atoms with van der Waals surface area (Å²) in [5.74, 6) is 0.851. The van der Waals surface area contributed by atoms with Crippen LogP contribution in [0.15, 0.2) is 42.6 Å². The van der Waals surface area contributed by atoms with Crippen molar-refractivity contribution in [2.24, 2.45) is 0 Å². The van der Waals surface area contributed by atoms with Crippen LogP contribution in [-0.4, -0.2) is 43.4 Å². The van der Waals surface area contributed by atoms with Crippen molar-refractivity contribution >= 4 is 17.6 Å². The Bertz CT molecular complexity index is 776. The van der Waals surface area contributed by atoms with Crippen LogP contribution in [0.5, 0.6) is 5.75 Å². The maximum absolute atomic E-state index is 13.7. The smallest absolute Gasteiger partial charge is 0.414 e. The molecule has 0 radical (unpaired) electrons. The minimum absolute atomic E-state index is 0.00166. The lowest BCUT2D eigenvalue weighted by Gasteiger charge is -2.33. The summed E-state index contributed by atoms with van der Waals surface area (Å²) in [7, 11) is 0. The Labute approximate surface area is 151 Å². The van der Waals surface area contributed by atoms with Crippen molar-refractivity contribution in [1.29, 1.82) is 0 Å². The molecule has 7 heteroatoms. The highest BCUT2D eigenvalue weighted by Gasteiger charge is 2.25. The molecule has 6 nitrogen and oxygen atoms in total. The number of carbonyl (C=O) groups is 1. The van der Waals surface area contributed by atoms with Crippen LogP contribution in [0.1, 0.15) is 12.8 Å². The van der Waals surface area contributed by atoms with E-state index < -0.39 is 0 Å². The molecule has 2 aromatic rings. The molecule has 0 aliphatic carbocycles. The lowest BCUT2D eigenvalue weighted by molar-refractivity contribution is 0.163. The van der Waals surface area contributed by atoms with E-state index in [4.69, 9.17) is 9.47 Å². The number of aromatic nitrogens is 1. The highest BCUT2D eigenvalue weighted by molar-refractivity contribution is 5.89. The Morgan fingerprint density at radius 2 is 1.92 bits per heavy atom. The van der Waals surface area contributed by atoms with Gasteiger partial charge in [-0.3, -0.25) is 4.90 Å². The summed E-state index contributed by atoms with van der Waals surface area (Å²) in [6, 6.07) is 10.3. The third-order valence-corrected chi connectivity index (χ3v) is 4.70. The van der Waals surface area contributed by atoms with Crippen LogP contribution in [-0.2, 0) is 4.74 Å². The molecule has 1 aromatic carbocycles. The van der Waals surface area contributed by atoms with Crippen molar-refractivity contribution in [3.63, 3.8) is 0 Å². The Balaban J connectivity index is 1.34. The molecule has 136 valence electrons. The van der Waals surface area contributed by atoms with Crippen LogP contribution in [0.4, 0.5) is 20.7 Å². The van der Waals surface area contributed by atoms with Gasteiger partial charge in [-0.05, 0) is 24.3 Å². The minimum atomic E-state index is -0.328. The van der Waals surface area contributed by atoms with Crippen molar-refractivity contribution < 1.29 is 18.7 Å². The first kappa shape index (κ1) is 16.6. The molecule has 1 aromatic heterocycles. The van der Waals surface area contributed by atoms with Gasteiger partial charge in [-0.15, -0.1) is 0 Å². The zero-order chi connectivity index (χ0) is 17.9. The molecule has 0 unspecified atom stereocenters. The highest BCUT2D eigenvalue weighted by atomic mass is 19.1. The largest absolute Gasteiger partial charge is 0.487 e. The van der Waals surface area contributed by atoms with Gasteiger partial charge in [-0.1, -0.05) is 12.1 Å². The number of ether oxygens (including phenoxy) is 2. The van der Waals surface area contributed by atoms with E-state index in [2.05, 4.69) is 9.88 Å². The van der Waals surface area contributed by atoms with E-state index in [0.717, 1.165) is 37.4 Å². The number of hydrogen-bond acceptors (Lipinski definition) is 5. The van der Waals surface area contributed by atoms with Gasteiger partial charge in [0.25, 0.3) is 0 Å². The fraction of sp³-hybridized carbons (Fsp3) is 0.368. The number of carbonyl (C=O) groups excluding carboxylic acids is 1. The molecule has 2 fully saturated rings. The molecule has 2 aliphatic rings. The van der Waals surface area contributed by atoms with Gasteiger partial charge in [-0.25, -0.2) is 14.2 Å². The predicted molar refractivity (Wildman–Crippen MR) is 95.2 cm³/mol. The first-order valence-electron chi connectivity index (χ1n) is 8.77. The van der Waals surface area contributed by atoms with Gasteiger partial charge in [0.15, 0.2) is 11.6 Å². The first-order chi connectivity index (χ1) is 12.7. The van der Waals surface area contributed by atoms with Crippen LogP contribution in [0.3, 0.4) is 0 Å². The van der Waals surface area contributed by atoms with E-state index >= 15 is 0 Å². The molecular formula is C19H20FN3O3. The summed E-state index contributed by atoms with van der Waals surface area (Å²) in [6.45, 7) is 2.54. The number of para-hydroxylation sites is 1. The number of hydrogen-bond donors (Lipinski definition) is 0. The predicted octanol–water partition coefficient (Wildman–Crippen LogP) is 3.23. The summed E-state index contributed by atoms with van der Waals surface area (Å²) in [5.41, 5.74) is 0.744. The van der Waals surface area contributed by atoms with E-state index in [1.165, 1.54) is 6.07 Å². The molecule has 0 bridgehead atoms. The maximum Gasteiger partial charge on any atom is 0.414 e. The Hall–Kier alpha value is -2.83. The van der Waals surface area contributed by atoms with Crippen LogP contribution in [0.25, 0.3) is 0 Å². The quantitative estimate of drug-likeness (QED) is 0.841. The molecule has 2 aliphatic heterocycles. The third-order valence-electron chi connectivity index (χ3n) is 4.70. The second-order valence-electron chi connectivity index (χ2n) is 6.38. The average Bonchev–Trinajstić information content (AvgIpc) is 3.10. The summed E-state index contributed by atoms with van der Waals surface area (Å²) in [5, 5.41) is 0. The van der Waals surface area contributed by atoms with E-state index in [1.807, 2.05) is 12.1 Å². The van der Waals surface area contributed by atoms with Crippen LogP contribution in [0.2, 0.25) is 0 Å². The lowest BCUT2D eigenvalue weighted by Crippen LogP contribution is -2.38. The van der Waals surface area contributed by atoms with Crippen molar-refractivity contribution in [3.05, 3.63) is 48.4 Å². The van der Waals surface area contributed by atoms with Crippen molar-refractivity contribution in [1.82, 2.24) is 4.98 Å². The van der Waals surface area contributed by atoms with E-state index in [0.29, 0.717) is 18.9 Å². The molecule has 0 saturated carbocycles. The zero-order valence-corrected chi connectivity index (χ0v) is 14.3. The fourth-order valence-corrected chi connectivity index (χ4v) is 3.28. The van der Waals surface area contributed by atoms with E-state index in [1.54, 1.807) is 29.3 Å². The monoisotopic (exact) mass is 357 g/mol.